The molecule has 1 heterocycles. The van der Waals surface area contributed by atoms with E-state index in [4.69, 9.17) is 5.11 Å². The molecule has 0 bridgehead atoms. The molecule has 0 aromatic heterocycles. The van der Waals surface area contributed by atoms with Crippen molar-refractivity contribution in [1.29, 1.82) is 0 Å². The van der Waals surface area contributed by atoms with Gasteiger partial charge < -0.3 is 5.11 Å². The van der Waals surface area contributed by atoms with Gasteiger partial charge in [0.2, 0.25) is 0 Å². The molecule has 2 unspecified atom stereocenters. The number of hydrogen-bond acceptors (Lipinski definition) is 3. The van der Waals surface area contributed by atoms with E-state index >= 15 is 0 Å². The number of aromatic carboxylic acids is 1. The summed E-state index contributed by atoms with van der Waals surface area (Å²) in [5.41, 5.74) is 1.60. The van der Waals surface area contributed by atoms with Gasteiger partial charge in [-0.15, -0.1) is 0 Å². The molecule has 0 radical (unpaired) electrons. The van der Waals surface area contributed by atoms with Crippen molar-refractivity contribution in [2.24, 2.45) is 0 Å². The van der Waals surface area contributed by atoms with Crippen molar-refractivity contribution < 1.29 is 9.90 Å². The van der Waals surface area contributed by atoms with Crippen molar-refractivity contribution in [2.45, 2.75) is 43.5 Å². The van der Waals surface area contributed by atoms with Gasteiger partial charge in [0.1, 0.15) is 0 Å². The maximum atomic E-state index is 10.9. The molecule has 3 rings (SSSR count). The molecule has 1 aliphatic carbocycles. The lowest BCUT2D eigenvalue weighted by Crippen LogP contribution is -2.48. The molecule has 3 nitrogen and oxygen atoms in total. The number of carboxylic acid groups (broad SMARTS) is 1. The Bertz CT molecular complexity index is 472. The van der Waals surface area contributed by atoms with Gasteiger partial charge in [-0.3, -0.25) is 4.90 Å². The van der Waals surface area contributed by atoms with Gasteiger partial charge in [-0.05, 0) is 30.5 Å². The van der Waals surface area contributed by atoms with Gasteiger partial charge in [0.25, 0.3) is 0 Å². The molecule has 2 atom stereocenters. The number of hydrogen-bond donors (Lipinski definition) is 1. The summed E-state index contributed by atoms with van der Waals surface area (Å²) in [7, 11) is 0. The first-order chi connectivity index (χ1) is 9.74. The number of benzene rings is 1. The molecule has 1 saturated heterocycles. The van der Waals surface area contributed by atoms with Gasteiger partial charge in [0, 0.05) is 30.1 Å². The number of fused-ring (bicyclic) bond motifs is 1. The van der Waals surface area contributed by atoms with Crippen LogP contribution in [0.2, 0.25) is 0 Å². The van der Waals surface area contributed by atoms with Crippen molar-refractivity contribution in [3.8, 4) is 0 Å². The SMILES string of the molecule is O=C(O)c1ccc(CN2CCSC3CCCCC32)cc1. The summed E-state index contributed by atoms with van der Waals surface area (Å²) in [5.74, 6) is 0.382. The molecule has 1 saturated carbocycles. The van der Waals surface area contributed by atoms with Crippen molar-refractivity contribution in [2.75, 3.05) is 12.3 Å². The number of carboxylic acids is 1. The Morgan fingerprint density at radius 3 is 2.75 bits per heavy atom. The fourth-order valence-corrected chi connectivity index (χ4v) is 4.87. The minimum Gasteiger partial charge on any atom is -0.478 e. The summed E-state index contributed by atoms with van der Waals surface area (Å²) in [5, 5.41) is 9.75. The summed E-state index contributed by atoms with van der Waals surface area (Å²) < 4.78 is 0. The number of rotatable bonds is 3. The third-order valence-electron chi connectivity index (χ3n) is 4.43. The van der Waals surface area contributed by atoms with Gasteiger partial charge in [-0.25, -0.2) is 4.79 Å². The summed E-state index contributed by atoms with van der Waals surface area (Å²) >= 11 is 2.15. The molecule has 2 aliphatic rings. The van der Waals surface area contributed by atoms with E-state index in [1.165, 1.54) is 37.0 Å². The predicted molar refractivity (Wildman–Crippen MR) is 82.3 cm³/mol. The zero-order valence-electron chi connectivity index (χ0n) is 11.6. The van der Waals surface area contributed by atoms with E-state index in [1.807, 2.05) is 12.1 Å². The Morgan fingerprint density at radius 2 is 2.00 bits per heavy atom. The van der Waals surface area contributed by atoms with Crippen LogP contribution in [0.5, 0.6) is 0 Å². The van der Waals surface area contributed by atoms with Crippen LogP contribution in [0.3, 0.4) is 0 Å². The minimum atomic E-state index is -0.849. The standard InChI is InChI=1S/C16H21NO2S/c18-16(19)13-7-5-12(6-8-13)11-17-9-10-20-15-4-2-1-3-14(15)17/h5-8,14-15H,1-4,9-11H2,(H,18,19). The summed E-state index contributed by atoms with van der Waals surface area (Å²) in [6, 6.07) is 8.08. The highest BCUT2D eigenvalue weighted by molar-refractivity contribution is 8.00. The van der Waals surface area contributed by atoms with E-state index in [1.54, 1.807) is 12.1 Å². The van der Waals surface area contributed by atoms with Crippen LogP contribution in [0.25, 0.3) is 0 Å². The first-order valence-corrected chi connectivity index (χ1v) is 8.47. The number of carbonyl (C=O) groups is 1. The van der Waals surface area contributed by atoms with Gasteiger partial charge in [0.05, 0.1) is 5.56 Å². The van der Waals surface area contributed by atoms with Crippen LogP contribution in [-0.4, -0.2) is 39.6 Å². The molecule has 1 aromatic rings. The Balaban J connectivity index is 1.68. The third-order valence-corrected chi connectivity index (χ3v) is 5.83. The summed E-state index contributed by atoms with van der Waals surface area (Å²) in [4.78, 5) is 13.5. The Hall–Kier alpha value is -1.00. The maximum absolute atomic E-state index is 10.9. The van der Waals surface area contributed by atoms with Crippen LogP contribution < -0.4 is 0 Å². The van der Waals surface area contributed by atoms with Crippen LogP contribution >= 0.6 is 11.8 Å². The van der Waals surface area contributed by atoms with Crippen LogP contribution in [-0.2, 0) is 6.54 Å². The van der Waals surface area contributed by atoms with Crippen molar-refractivity contribution in [3.05, 3.63) is 35.4 Å². The van der Waals surface area contributed by atoms with Crippen LogP contribution in [0.1, 0.15) is 41.6 Å². The van der Waals surface area contributed by atoms with E-state index in [0.717, 1.165) is 24.4 Å². The Kier molecular flexibility index (Phi) is 4.32. The van der Waals surface area contributed by atoms with Crippen LogP contribution in [0.4, 0.5) is 0 Å². The molecule has 1 aliphatic heterocycles. The molecule has 108 valence electrons. The highest BCUT2D eigenvalue weighted by Gasteiger charge is 2.33. The van der Waals surface area contributed by atoms with Crippen molar-refractivity contribution in [1.82, 2.24) is 4.90 Å². The molecule has 20 heavy (non-hydrogen) atoms. The highest BCUT2D eigenvalue weighted by Crippen LogP contribution is 2.36. The lowest BCUT2D eigenvalue weighted by molar-refractivity contribution is 0.0697. The second-order valence-electron chi connectivity index (χ2n) is 5.73. The van der Waals surface area contributed by atoms with Crippen molar-refractivity contribution >= 4 is 17.7 Å². The molecule has 1 N–H and O–H groups in total. The van der Waals surface area contributed by atoms with Gasteiger partial charge in [-0.1, -0.05) is 25.0 Å². The van der Waals surface area contributed by atoms with Gasteiger partial charge >= 0.3 is 5.97 Å². The second-order valence-corrected chi connectivity index (χ2v) is 7.08. The average molecular weight is 291 g/mol. The van der Waals surface area contributed by atoms with Crippen molar-refractivity contribution in [3.63, 3.8) is 0 Å². The lowest BCUT2D eigenvalue weighted by atomic mass is 9.93. The predicted octanol–water partition coefficient (Wildman–Crippen LogP) is 3.24. The van der Waals surface area contributed by atoms with Gasteiger partial charge in [0.15, 0.2) is 0 Å². The monoisotopic (exact) mass is 291 g/mol. The van der Waals surface area contributed by atoms with E-state index in [2.05, 4.69) is 16.7 Å². The minimum absolute atomic E-state index is 0.374. The smallest absolute Gasteiger partial charge is 0.335 e. The van der Waals surface area contributed by atoms with Gasteiger partial charge in [-0.2, -0.15) is 11.8 Å². The molecule has 1 aromatic carbocycles. The first kappa shape index (κ1) is 14.0. The zero-order valence-corrected chi connectivity index (χ0v) is 12.4. The number of nitrogens with zero attached hydrogens (tertiary/aromatic N) is 1. The summed E-state index contributed by atoms with van der Waals surface area (Å²) in [6.45, 7) is 2.12. The first-order valence-electron chi connectivity index (χ1n) is 7.42. The molecule has 2 fully saturated rings. The fraction of sp³-hybridized carbons (Fsp3) is 0.562. The summed E-state index contributed by atoms with van der Waals surface area (Å²) in [6.07, 6.45) is 5.43. The maximum Gasteiger partial charge on any atom is 0.335 e. The van der Waals surface area contributed by atoms with Crippen LogP contribution in [0.15, 0.2) is 24.3 Å². The molecular formula is C16H21NO2S. The Morgan fingerprint density at radius 1 is 1.25 bits per heavy atom. The topological polar surface area (TPSA) is 40.5 Å². The quantitative estimate of drug-likeness (QED) is 0.928. The van der Waals surface area contributed by atoms with E-state index in [9.17, 15) is 4.79 Å². The molecular weight excluding hydrogens is 270 g/mol. The zero-order chi connectivity index (χ0) is 13.9. The molecule has 0 amide bonds. The van der Waals surface area contributed by atoms with Crippen LogP contribution in [0, 0.1) is 0 Å². The van der Waals surface area contributed by atoms with E-state index < -0.39 is 5.97 Å². The second kappa shape index (κ2) is 6.19. The largest absolute Gasteiger partial charge is 0.478 e. The number of thioether (sulfide) groups is 1. The van der Waals surface area contributed by atoms with E-state index in [-0.39, 0.29) is 0 Å². The lowest BCUT2D eigenvalue weighted by Gasteiger charge is -2.43. The molecule has 0 spiro atoms. The highest BCUT2D eigenvalue weighted by atomic mass is 32.2. The Labute approximate surface area is 124 Å². The fourth-order valence-electron chi connectivity index (χ4n) is 3.36. The third kappa shape index (κ3) is 3.01. The average Bonchev–Trinajstić information content (AvgIpc) is 2.48. The van der Waals surface area contributed by atoms with E-state index in [0.29, 0.717) is 5.56 Å². The molecule has 4 heteroatoms. The normalized spacial score (nSPS) is 27.0.